The van der Waals surface area contributed by atoms with Crippen LogP contribution in [0.25, 0.3) is 0 Å². The molecule has 1 amide bonds. The van der Waals surface area contributed by atoms with Gasteiger partial charge in [-0.3, -0.25) is 10.0 Å². The summed E-state index contributed by atoms with van der Waals surface area (Å²) in [5.41, 5.74) is 2.69. The van der Waals surface area contributed by atoms with Crippen molar-refractivity contribution < 1.29 is 22.8 Å². The Morgan fingerprint density at radius 1 is 1.17 bits per heavy atom. The fourth-order valence-corrected chi connectivity index (χ4v) is 4.20. The van der Waals surface area contributed by atoms with Crippen molar-refractivity contribution in [1.82, 2.24) is 5.48 Å². The molecule has 0 radical (unpaired) electrons. The Kier molecular flexibility index (Phi) is 6.57. The largest absolute Gasteiger partial charge is 0.468 e. The third-order valence-corrected chi connectivity index (χ3v) is 5.37. The van der Waals surface area contributed by atoms with Crippen molar-refractivity contribution in [2.75, 3.05) is 5.75 Å². The van der Waals surface area contributed by atoms with E-state index in [9.17, 15) is 13.2 Å². The Morgan fingerprint density at radius 2 is 1.92 bits per heavy atom. The van der Waals surface area contributed by atoms with Crippen LogP contribution in [-0.2, 0) is 26.8 Å². The lowest BCUT2D eigenvalue weighted by molar-refractivity contribution is -0.132. The van der Waals surface area contributed by atoms with Crippen LogP contribution < -0.4 is 5.48 Å². The van der Waals surface area contributed by atoms with Gasteiger partial charge in [0.05, 0.1) is 17.9 Å². The SMILES string of the molecule is O=C(NO)C(CCCc1ccccc1)CS(=O)(=O)Cc1ccco1. The van der Waals surface area contributed by atoms with Crippen molar-refractivity contribution >= 4 is 15.7 Å². The quantitative estimate of drug-likeness (QED) is 0.534. The monoisotopic (exact) mass is 351 g/mol. The molecular weight excluding hydrogens is 330 g/mol. The number of hydroxylamine groups is 1. The van der Waals surface area contributed by atoms with Crippen LogP contribution in [0.1, 0.15) is 24.2 Å². The molecule has 7 heteroatoms. The minimum atomic E-state index is -3.52. The molecule has 2 rings (SSSR count). The number of hydrogen-bond acceptors (Lipinski definition) is 5. The molecule has 1 aromatic carbocycles. The minimum absolute atomic E-state index is 0.256. The van der Waals surface area contributed by atoms with Gasteiger partial charge in [-0.25, -0.2) is 13.9 Å². The molecule has 0 fully saturated rings. The van der Waals surface area contributed by atoms with Gasteiger partial charge in [-0.15, -0.1) is 0 Å². The van der Waals surface area contributed by atoms with Crippen molar-refractivity contribution in [2.45, 2.75) is 25.0 Å². The van der Waals surface area contributed by atoms with E-state index in [0.717, 1.165) is 12.0 Å². The number of carbonyl (C=O) groups excluding carboxylic acids is 1. The molecule has 2 N–H and O–H groups in total. The summed E-state index contributed by atoms with van der Waals surface area (Å²) in [6.07, 6.45) is 3.17. The molecule has 0 saturated heterocycles. The highest BCUT2D eigenvalue weighted by atomic mass is 32.2. The summed E-state index contributed by atoms with van der Waals surface area (Å²) in [6.45, 7) is 0. The number of furan rings is 1. The number of aryl methyl sites for hydroxylation is 1. The van der Waals surface area contributed by atoms with E-state index >= 15 is 0 Å². The predicted molar refractivity (Wildman–Crippen MR) is 89.0 cm³/mol. The third kappa shape index (κ3) is 5.82. The van der Waals surface area contributed by atoms with E-state index in [0.29, 0.717) is 18.6 Å². The number of amides is 1. The van der Waals surface area contributed by atoms with Gasteiger partial charge in [-0.2, -0.15) is 0 Å². The summed E-state index contributed by atoms with van der Waals surface area (Å²) in [4.78, 5) is 11.8. The molecule has 2 aromatic rings. The first-order valence-electron chi connectivity index (χ1n) is 7.71. The van der Waals surface area contributed by atoms with E-state index in [-0.39, 0.29) is 11.5 Å². The lowest BCUT2D eigenvalue weighted by Gasteiger charge is -2.14. The van der Waals surface area contributed by atoms with Gasteiger partial charge < -0.3 is 4.42 Å². The van der Waals surface area contributed by atoms with Crippen LogP contribution in [0.4, 0.5) is 0 Å². The lowest BCUT2D eigenvalue weighted by Crippen LogP contribution is -2.33. The Balaban J connectivity index is 1.93. The van der Waals surface area contributed by atoms with E-state index < -0.39 is 21.7 Å². The van der Waals surface area contributed by atoms with Crippen molar-refractivity contribution in [2.24, 2.45) is 5.92 Å². The summed E-state index contributed by atoms with van der Waals surface area (Å²) in [6, 6.07) is 12.9. The number of benzene rings is 1. The average Bonchev–Trinajstić information content (AvgIpc) is 3.06. The molecule has 0 aliphatic heterocycles. The maximum Gasteiger partial charge on any atom is 0.247 e. The van der Waals surface area contributed by atoms with Crippen LogP contribution in [0.2, 0.25) is 0 Å². The summed E-state index contributed by atoms with van der Waals surface area (Å²) in [5, 5.41) is 8.86. The summed E-state index contributed by atoms with van der Waals surface area (Å²) in [5.74, 6) is -1.71. The van der Waals surface area contributed by atoms with Gasteiger partial charge in [0, 0.05) is 0 Å². The van der Waals surface area contributed by atoms with E-state index in [2.05, 4.69) is 0 Å². The van der Waals surface area contributed by atoms with Crippen molar-refractivity contribution in [3.63, 3.8) is 0 Å². The number of rotatable bonds is 9. The van der Waals surface area contributed by atoms with Gasteiger partial charge in [0.15, 0.2) is 9.84 Å². The molecule has 1 heterocycles. The third-order valence-electron chi connectivity index (χ3n) is 3.74. The molecule has 24 heavy (non-hydrogen) atoms. The van der Waals surface area contributed by atoms with E-state index in [1.165, 1.54) is 6.26 Å². The molecule has 1 unspecified atom stereocenters. The van der Waals surface area contributed by atoms with Gasteiger partial charge in [0.2, 0.25) is 5.91 Å². The standard InChI is InChI=1S/C17H21NO5S/c19-17(18-20)15(9-4-8-14-6-2-1-3-7-14)12-24(21,22)13-16-10-5-11-23-16/h1-3,5-7,10-11,15,20H,4,8-9,12-13H2,(H,18,19). The second-order valence-electron chi connectivity index (χ2n) is 5.68. The second kappa shape index (κ2) is 8.65. The number of nitrogens with one attached hydrogen (secondary N) is 1. The highest BCUT2D eigenvalue weighted by molar-refractivity contribution is 7.90. The summed E-state index contributed by atoms with van der Waals surface area (Å²) in [7, 11) is -3.52. The van der Waals surface area contributed by atoms with Crippen LogP contribution in [0.5, 0.6) is 0 Å². The Morgan fingerprint density at radius 3 is 2.54 bits per heavy atom. The normalized spacial score (nSPS) is 12.7. The van der Waals surface area contributed by atoms with E-state index in [1.807, 2.05) is 30.3 Å². The van der Waals surface area contributed by atoms with Crippen molar-refractivity contribution in [3.8, 4) is 0 Å². The number of sulfone groups is 1. The van der Waals surface area contributed by atoms with E-state index in [4.69, 9.17) is 9.62 Å². The summed E-state index contributed by atoms with van der Waals surface area (Å²) < 4.78 is 29.5. The maximum atomic E-state index is 12.2. The minimum Gasteiger partial charge on any atom is -0.468 e. The zero-order valence-corrected chi connectivity index (χ0v) is 14.0. The van der Waals surface area contributed by atoms with Crippen LogP contribution >= 0.6 is 0 Å². The Labute approximate surface area is 141 Å². The van der Waals surface area contributed by atoms with Gasteiger partial charge in [-0.05, 0) is 37.0 Å². The van der Waals surface area contributed by atoms with Crippen molar-refractivity contribution in [1.29, 1.82) is 0 Å². The van der Waals surface area contributed by atoms with Gasteiger partial charge in [0.25, 0.3) is 0 Å². The molecular formula is C17H21NO5S. The average molecular weight is 351 g/mol. The van der Waals surface area contributed by atoms with E-state index in [1.54, 1.807) is 17.6 Å². The molecule has 0 saturated carbocycles. The molecule has 1 atom stereocenters. The topological polar surface area (TPSA) is 96.6 Å². The van der Waals surface area contributed by atoms with Gasteiger partial charge >= 0.3 is 0 Å². The fourth-order valence-electron chi connectivity index (χ4n) is 2.56. The van der Waals surface area contributed by atoms with Crippen LogP contribution in [0.15, 0.2) is 53.1 Å². The van der Waals surface area contributed by atoms with Crippen LogP contribution in [-0.4, -0.2) is 25.3 Å². The first-order valence-corrected chi connectivity index (χ1v) is 9.53. The highest BCUT2D eigenvalue weighted by Crippen LogP contribution is 2.16. The first-order chi connectivity index (χ1) is 11.5. The zero-order valence-electron chi connectivity index (χ0n) is 13.2. The molecule has 0 aliphatic carbocycles. The lowest BCUT2D eigenvalue weighted by atomic mass is 10.0. The van der Waals surface area contributed by atoms with Crippen LogP contribution in [0, 0.1) is 5.92 Å². The van der Waals surface area contributed by atoms with Gasteiger partial charge in [-0.1, -0.05) is 30.3 Å². The van der Waals surface area contributed by atoms with Crippen molar-refractivity contribution in [3.05, 3.63) is 60.1 Å². The Hall–Kier alpha value is -2.12. The number of hydrogen-bond donors (Lipinski definition) is 2. The smallest absolute Gasteiger partial charge is 0.247 e. The van der Waals surface area contributed by atoms with Crippen LogP contribution in [0.3, 0.4) is 0 Å². The Bertz CT molecular complexity index is 726. The molecule has 0 bridgehead atoms. The molecule has 1 aromatic heterocycles. The highest BCUT2D eigenvalue weighted by Gasteiger charge is 2.26. The van der Waals surface area contributed by atoms with Gasteiger partial charge in [0.1, 0.15) is 11.5 Å². The maximum absolute atomic E-state index is 12.2. The molecule has 6 nitrogen and oxygen atoms in total. The molecule has 0 spiro atoms. The fraction of sp³-hybridized carbons (Fsp3) is 0.353. The first kappa shape index (κ1) is 18.2. The second-order valence-corrected chi connectivity index (χ2v) is 7.79. The molecule has 0 aliphatic rings. The number of carbonyl (C=O) groups is 1. The zero-order chi connectivity index (χ0) is 17.4. The predicted octanol–water partition coefficient (Wildman–Crippen LogP) is 2.34. The summed E-state index contributed by atoms with van der Waals surface area (Å²) >= 11 is 0. The molecule has 130 valence electrons.